The summed E-state index contributed by atoms with van der Waals surface area (Å²) >= 11 is 12.3. The fourth-order valence-electron chi connectivity index (χ4n) is 2.35. The molecule has 0 bridgehead atoms. The number of halogens is 2. The maximum absolute atomic E-state index is 6.39. The number of hydrogen-bond acceptors (Lipinski definition) is 2. The summed E-state index contributed by atoms with van der Waals surface area (Å²) in [4.78, 5) is 4.13. The minimum Gasteiger partial charge on any atom is -0.320 e. The van der Waals surface area contributed by atoms with Gasteiger partial charge in [-0.3, -0.25) is 4.98 Å². The van der Waals surface area contributed by atoms with E-state index in [1.54, 1.807) is 12.3 Å². The van der Waals surface area contributed by atoms with Crippen molar-refractivity contribution in [3.05, 3.63) is 76.0 Å². The van der Waals surface area contributed by atoms with Crippen LogP contribution in [0.4, 0.5) is 0 Å². The number of fused-ring (bicyclic) bond motifs is 1. The number of benzene rings is 2. The summed E-state index contributed by atoms with van der Waals surface area (Å²) in [6.07, 6.45) is 3.59. The third-order valence-corrected chi connectivity index (χ3v) is 4.20. The molecule has 2 aromatic carbocycles. The summed E-state index contributed by atoms with van der Waals surface area (Å²) in [5.74, 6) is 0. The predicted molar refractivity (Wildman–Crippen MR) is 84.2 cm³/mol. The van der Waals surface area contributed by atoms with E-state index in [4.69, 9.17) is 28.9 Å². The molecular weight excluding hydrogens is 291 g/mol. The van der Waals surface area contributed by atoms with Gasteiger partial charge in [0.2, 0.25) is 0 Å². The molecule has 0 saturated heterocycles. The lowest BCUT2D eigenvalue weighted by Gasteiger charge is -2.17. The van der Waals surface area contributed by atoms with Crippen molar-refractivity contribution >= 4 is 34.0 Å². The average molecular weight is 303 g/mol. The number of aromatic nitrogens is 1. The highest BCUT2D eigenvalue weighted by Gasteiger charge is 2.16. The second-order valence-electron chi connectivity index (χ2n) is 4.56. The zero-order valence-electron chi connectivity index (χ0n) is 10.6. The van der Waals surface area contributed by atoms with Gasteiger partial charge in [0.15, 0.2) is 0 Å². The molecule has 0 aliphatic heterocycles. The Hall–Kier alpha value is -1.61. The molecule has 20 heavy (non-hydrogen) atoms. The molecule has 100 valence electrons. The summed E-state index contributed by atoms with van der Waals surface area (Å²) in [5, 5.41) is 3.15. The van der Waals surface area contributed by atoms with Crippen LogP contribution < -0.4 is 5.73 Å². The zero-order chi connectivity index (χ0) is 14.1. The van der Waals surface area contributed by atoms with Gasteiger partial charge in [-0.1, -0.05) is 53.5 Å². The number of nitrogens with zero attached hydrogens (tertiary/aromatic N) is 1. The molecule has 3 rings (SSSR count). The highest BCUT2D eigenvalue weighted by molar-refractivity contribution is 6.42. The van der Waals surface area contributed by atoms with E-state index in [9.17, 15) is 0 Å². The Morgan fingerprint density at radius 3 is 2.55 bits per heavy atom. The fourth-order valence-corrected chi connectivity index (χ4v) is 2.77. The Bertz CT molecular complexity index is 766. The van der Waals surface area contributed by atoms with Crippen LogP contribution in [0.25, 0.3) is 10.8 Å². The molecular formula is C16H12Cl2N2. The Morgan fingerprint density at radius 1 is 0.950 bits per heavy atom. The molecule has 1 aromatic heterocycles. The maximum atomic E-state index is 6.39. The quantitative estimate of drug-likeness (QED) is 0.752. The molecule has 0 aliphatic carbocycles. The Morgan fingerprint density at radius 2 is 1.70 bits per heavy atom. The van der Waals surface area contributed by atoms with Crippen molar-refractivity contribution in [1.29, 1.82) is 0 Å². The molecule has 1 atom stereocenters. The minimum absolute atomic E-state index is 0.327. The number of nitrogens with two attached hydrogens (primary N) is 1. The topological polar surface area (TPSA) is 38.9 Å². The van der Waals surface area contributed by atoms with Crippen LogP contribution in [0, 0.1) is 0 Å². The highest BCUT2D eigenvalue weighted by Crippen LogP contribution is 2.34. The van der Waals surface area contributed by atoms with E-state index < -0.39 is 0 Å². The first-order valence-corrected chi connectivity index (χ1v) is 6.96. The first-order chi connectivity index (χ1) is 9.68. The molecule has 1 heterocycles. The normalized spacial score (nSPS) is 12.6. The first-order valence-electron chi connectivity index (χ1n) is 6.20. The Kier molecular flexibility index (Phi) is 3.62. The summed E-state index contributed by atoms with van der Waals surface area (Å²) in [5.41, 5.74) is 8.22. The zero-order valence-corrected chi connectivity index (χ0v) is 12.1. The lowest BCUT2D eigenvalue weighted by atomic mass is 9.95. The van der Waals surface area contributed by atoms with Gasteiger partial charge in [-0.2, -0.15) is 0 Å². The molecule has 3 aromatic rings. The number of rotatable bonds is 2. The van der Waals surface area contributed by atoms with Crippen LogP contribution in [0.2, 0.25) is 10.0 Å². The van der Waals surface area contributed by atoms with Crippen LogP contribution in [0.15, 0.2) is 54.9 Å². The first kappa shape index (κ1) is 13.4. The van der Waals surface area contributed by atoms with Crippen molar-refractivity contribution < 1.29 is 0 Å². The summed E-state index contributed by atoms with van der Waals surface area (Å²) < 4.78 is 0. The van der Waals surface area contributed by atoms with Gasteiger partial charge in [0.25, 0.3) is 0 Å². The molecule has 0 saturated carbocycles. The minimum atomic E-state index is -0.327. The molecule has 1 unspecified atom stereocenters. The fraction of sp³-hybridized carbons (Fsp3) is 0.0625. The largest absolute Gasteiger partial charge is 0.320 e. The van der Waals surface area contributed by atoms with Crippen LogP contribution in [0.5, 0.6) is 0 Å². The van der Waals surface area contributed by atoms with Crippen LogP contribution in [0.3, 0.4) is 0 Å². The molecule has 0 aliphatic rings. The lowest BCUT2D eigenvalue weighted by molar-refractivity contribution is 0.881. The van der Waals surface area contributed by atoms with E-state index in [2.05, 4.69) is 4.98 Å². The van der Waals surface area contributed by atoms with E-state index in [0.717, 1.165) is 21.9 Å². The second-order valence-corrected chi connectivity index (χ2v) is 5.35. The molecule has 4 heteroatoms. The van der Waals surface area contributed by atoms with Gasteiger partial charge in [-0.15, -0.1) is 0 Å². The number of pyridine rings is 1. The van der Waals surface area contributed by atoms with Gasteiger partial charge in [0.05, 0.1) is 16.1 Å². The monoisotopic (exact) mass is 302 g/mol. The highest BCUT2D eigenvalue weighted by atomic mass is 35.5. The van der Waals surface area contributed by atoms with Gasteiger partial charge < -0.3 is 5.73 Å². The second kappa shape index (κ2) is 5.41. The van der Waals surface area contributed by atoms with Crippen molar-refractivity contribution in [3.63, 3.8) is 0 Å². The molecule has 2 nitrogen and oxygen atoms in total. The molecule has 0 spiro atoms. The summed E-state index contributed by atoms with van der Waals surface area (Å²) in [7, 11) is 0. The van der Waals surface area contributed by atoms with Crippen LogP contribution in [0.1, 0.15) is 17.2 Å². The van der Waals surface area contributed by atoms with Crippen LogP contribution >= 0.6 is 23.2 Å². The van der Waals surface area contributed by atoms with Crippen molar-refractivity contribution in [2.24, 2.45) is 5.73 Å². The molecule has 0 amide bonds. The van der Waals surface area contributed by atoms with Crippen molar-refractivity contribution in [2.45, 2.75) is 6.04 Å². The van der Waals surface area contributed by atoms with Crippen LogP contribution in [-0.2, 0) is 0 Å². The third-order valence-electron chi connectivity index (χ3n) is 3.37. The van der Waals surface area contributed by atoms with Crippen molar-refractivity contribution in [3.8, 4) is 0 Å². The lowest BCUT2D eigenvalue weighted by Crippen LogP contribution is -2.13. The maximum Gasteiger partial charge on any atom is 0.0643 e. The predicted octanol–water partition coefficient (Wildman–Crippen LogP) is 4.59. The van der Waals surface area contributed by atoms with Crippen molar-refractivity contribution in [1.82, 2.24) is 4.98 Å². The summed E-state index contributed by atoms with van der Waals surface area (Å²) in [6, 6.07) is 13.1. The van der Waals surface area contributed by atoms with Crippen LogP contribution in [-0.4, -0.2) is 4.98 Å². The van der Waals surface area contributed by atoms with Gasteiger partial charge in [0.1, 0.15) is 0 Å². The van der Waals surface area contributed by atoms with E-state index in [1.165, 1.54) is 0 Å². The van der Waals surface area contributed by atoms with E-state index in [-0.39, 0.29) is 6.04 Å². The third kappa shape index (κ3) is 2.27. The van der Waals surface area contributed by atoms with Crippen molar-refractivity contribution in [2.75, 3.05) is 0 Å². The smallest absolute Gasteiger partial charge is 0.0643 e. The molecule has 0 radical (unpaired) electrons. The molecule has 2 N–H and O–H groups in total. The Labute approximate surface area is 127 Å². The molecule has 0 fully saturated rings. The van der Waals surface area contributed by atoms with Gasteiger partial charge in [-0.05, 0) is 28.6 Å². The van der Waals surface area contributed by atoms with E-state index >= 15 is 0 Å². The summed E-state index contributed by atoms with van der Waals surface area (Å²) in [6.45, 7) is 0. The SMILES string of the molecule is NC(c1cccc(Cl)c1Cl)c1cccc2cnccc12. The average Bonchev–Trinajstić information content (AvgIpc) is 2.49. The van der Waals surface area contributed by atoms with E-state index in [1.807, 2.05) is 42.6 Å². The Balaban J connectivity index is 2.18. The number of hydrogen-bond donors (Lipinski definition) is 1. The van der Waals surface area contributed by atoms with Gasteiger partial charge >= 0.3 is 0 Å². The van der Waals surface area contributed by atoms with Gasteiger partial charge in [0, 0.05) is 17.8 Å². The van der Waals surface area contributed by atoms with E-state index in [0.29, 0.717) is 10.0 Å². The van der Waals surface area contributed by atoms with Gasteiger partial charge in [-0.25, -0.2) is 0 Å². The standard InChI is InChI=1S/C16H12Cl2N2/c17-14-6-2-5-13(15(14)18)16(19)12-4-1-3-10-9-20-8-7-11(10)12/h1-9,16H,19H2.